The van der Waals surface area contributed by atoms with Gasteiger partial charge < -0.3 is 9.47 Å². The number of hydrogen-bond donors (Lipinski definition) is 0. The summed E-state index contributed by atoms with van der Waals surface area (Å²) in [7, 11) is 0. The third-order valence-corrected chi connectivity index (χ3v) is 5.42. The van der Waals surface area contributed by atoms with Crippen LogP contribution in [0, 0.1) is 0 Å². The molecule has 2 aromatic rings. The zero-order chi connectivity index (χ0) is 14.9. The minimum atomic E-state index is 0.303. The molecule has 0 N–H and O–H groups in total. The second-order valence-electron chi connectivity index (χ2n) is 6.14. The van der Waals surface area contributed by atoms with Gasteiger partial charge in [-0.25, -0.2) is 4.98 Å². The molecule has 0 unspecified atom stereocenters. The molecule has 2 aromatic heterocycles. The van der Waals surface area contributed by atoms with Crippen LogP contribution in [0.15, 0.2) is 30.0 Å². The van der Waals surface area contributed by atoms with Crippen LogP contribution in [0.2, 0.25) is 0 Å². The molecule has 0 aliphatic carbocycles. The number of carbonyl (C=O) groups is 1. The summed E-state index contributed by atoms with van der Waals surface area (Å²) in [6, 6.07) is 4.61. The fraction of sp³-hybridized carbons (Fsp3) is 0.500. The van der Waals surface area contributed by atoms with Crippen molar-refractivity contribution in [2.75, 3.05) is 19.6 Å². The molecule has 0 aromatic carbocycles. The molecule has 1 atom stereocenters. The number of likely N-dealkylation sites (tertiary alicyclic amines) is 1. The molecule has 1 saturated heterocycles. The highest BCUT2D eigenvalue weighted by Gasteiger charge is 2.29. The second kappa shape index (κ2) is 5.85. The van der Waals surface area contributed by atoms with Gasteiger partial charge in [-0.1, -0.05) is 6.07 Å². The molecule has 0 saturated carbocycles. The summed E-state index contributed by atoms with van der Waals surface area (Å²) in [5, 5.41) is 2.13. The fourth-order valence-corrected chi connectivity index (χ4v) is 4.25. The summed E-state index contributed by atoms with van der Waals surface area (Å²) in [6.45, 7) is 4.61. The molecule has 1 fully saturated rings. The first-order valence-electron chi connectivity index (χ1n) is 7.83. The first-order valence-corrected chi connectivity index (χ1v) is 8.71. The van der Waals surface area contributed by atoms with Crippen LogP contribution in [0.3, 0.4) is 0 Å². The van der Waals surface area contributed by atoms with Gasteiger partial charge in [0.2, 0.25) is 5.91 Å². The van der Waals surface area contributed by atoms with Crippen molar-refractivity contribution in [1.82, 2.24) is 19.4 Å². The van der Waals surface area contributed by atoms with Crippen LogP contribution in [0.1, 0.15) is 29.5 Å². The predicted octanol–water partition coefficient (Wildman–Crippen LogP) is 2.12. The van der Waals surface area contributed by atoms with E-state index in [1.807, 2.05) is 17.4 Å². The lowest BCUT2D eigenvalue weighted by Gasteiger charge is -2.36. The van der Waals surface area contributed by atoms with Gasteiger partial charge in [0.1, 0.15) is 0 Å². The Hall–Kier alpha value is -1.66. The summed E-state index contributed by atoms with van der Waals surface area (Å²) in [6.07, 6.45) is 5.59. The number of fused-ring (bicyclic) bond motifs is 1. The maximum Gasteiger partial charge on any atom is 0.222 e. The van der Waals surface area contributed by atoms with Crippen molar-refractivity contribution in [3.63, 3.8) is 0 Å². The van der Waals surface area contributed by atoms with Crippen LogP contribution < -0.4 is 0 Å². The number of hydrogen-bond acceptors (Lipinski definition) is 4. The van der Waals surface area contributed by atoms with Gasteiger partial charge in [-0.05, 0) is 17.9 Å². The normalized spacial score (nSPS) is 22.3. The van der Waals surface area contributed by atoms with Crippen LogP contribution in [0.25, 0.3) is 0 Å². The minimum Gasteiger partial charge on any atom is -0.341 e. The van der Waals surface area contributed by atoms with Crippen molar-refractivity contribution < 1.29 is 4.79 Å². The van der Waals surface area contributed by atoms with Crippen molar-refractivity contribution in [3.8, 4) is 0 Å². The Morgan fingerprint density at radius 2 is 2.36 bits per heavy atom. The third-order valence-electron chi connectivity index (χ3n) is 4.56. The smallest absolute Gasteiger partial charge is 0.222 e. The average molecular weight is 316 g/mol. The lowest BCUT2D eigenvalue weighted by atomic mass is 10.1. The number of nitrogens with zero attached hydrogens (tertiary/aromatic N) is 4. The van der Waals surface area contributed by atoms with Crippen molar-refractivity contribution in [2.24, 2.45) is 0 Å². The van der Waals surface area contributed by atoms with Crippen molar-refractivity contribution in [2.45, 2.75) is 32.0 Å². The van der Waals surface area contributed by atoms with Gasteiger partial charge in [-0.2, -0.15) is 0 Å². The van der Waals surface area contributed by atoms with E-state index >= 15 is 0 Å². The van der Waals surface area contributed by atoms with E-state index < -0.39 is 0 Å². The molecule has 4 heterocycles. The summed E-state index contributed by atoms with van der Waals surface area (Å²) < 4.78 is 2.26. The highest BCUT2D eigenvalue weighted by molar-refractivity contribution is 7.09. The summed E-state index contributed by atoms with van der Waals surface area (Å²) in [5.41, 5.74) is 1.25. The standard InChI is InChI=1S/C16H20N4OS/c21-16-4-1-5-19(16)10-14-9-18(11-15-3-2-6-22-15)8-13-7-17-12-20(13)14/h2-3,6-7,12,14H,1,4-5,8-11H2/t14-/m0/s1. The van der Waals surface area contributed by atoms with Crippen molar-refractivity contribution >= 4 is 17.2 Å². The summed E-state index contributed by atoms with van der Waals surface area (Å²) >= 11 is 1.81. The molecule has 4 rings (SSSR count). The molecule has 22 heavy (non-hydrogen) atoms. The van der Waals surface area contributed by atoms with Gasteiger partial charge in [0, 0.05) is 50.2 Å². The van der Waals surface area contributed by atoms with Crippen molar-refractivity contribution in [3.05, 3.63) is 40.6 Å². The number of aromatic nitrogens is 2. The van der Waals surface area contributed by atoms with Gasteiger partial charge >= 0.3 is 0 Å². The van der Waals surface area contributed by atoms with Gasteiger partial charge in [0.25, 0.3) is 0 Å². The molecule has 0 radical (unpaired) electrons. The number of thiophene rings is 1. The van der Waals surface area contributed by atoms with Crippen LogP contribution in [-0.2, 0) is 17.9 Å². The van der Waals surface area contributed by atoms with E-state index in [1.165, 1.54) is 10.6 Å². The Morgan fingerprint density at radius 3 is 3.14 bits per heavy atom. The maximum absolute atomic E-state index is 11.9. The number of imidazole rings is 1. The topological polar surface area (TPSA) is 41.4 Å². The molecule has 0 bridgehead atoms. The van der Waals surface area contributed by atoms with Crippen LogP contribution in [0.5, 0.6) is 0 Å². The van der Waals surface area contributed by atoms with Crippen LogP contribution >= 0.6 is 11.3 Å². The van der Waals surface area contributed by atoms with E-state index in [4.69, 9.17) is 0 Å². The second-order valence-corrected chi connectivity index (χ2v) is 7.17. The number of carbonyl (C=O) groups excluding carboxylic acids is 1. The average Bonchev–Trinajstić information content (AvgIpc) is 3.22. The van der Waals surface area contributed by atoms with Gasteiger partial charge in [0.05, 0.1) is 18.1 Å². The third kappa shape index (κ3) is 2.68. The zero-order valence-corrected chi connectivity index (χ0v) is 13.3. The maximum atomic E-state index is 11.9. The molecule has 2 aliphatic rings. The first-order chi connectivity index (χ1) is 10.8. The first kappa shape index (κ1) is 14.0. The largest absolute Gasteiger partial charge is 0.341 e. The van der Waals surface area contributed by atoms with Crippen molar-refractivity contribution in [1.29, 1.82) is 0 Å². The van der Waals surface area contributed by atoms with Gasteiger partial charge in [-0.15, -0.1) is 11.3 Å². The molecular weight excluding hydrogens is 296 g/mol. The number of amides is 1. The van der Waals surface area contributed by atoms with E-state index in [0.717, 1.165) is 39.1 Å². The molecule has 1 amide bonds. The Kier molecular flexibility index (Phi) is 3.72. The van der Waals surface area contributed by atoms with E-state index in [1.54, 1.807) is 11.3 Å². The monoisotopic (exact) mass is 316 g/mol. The van der Waals surface area contributed by atoms with Crippen LogP contribution in [0.4, 0.5) is 0 Å². The predicted molar refractivity (Wildman–Crippen MR) is 85.5 cm³/mol. The molecule has 2 aliphatic heterocycles. The SMILES string of the molecule is O=C1CCCN1C[C@@H]1CN(Cc2cccs2)Cc2cncn21. The van der Waals surface area contributed by atoms with Gasteiger partial charge in [0.15, 0.2) is 0 Å². The van der Waals surface area contributed by atoms with E-state index in [0.29, 0.717) is 18.4 Å². The molecule has 5 nitrogen and oxygen atoms in total. The molecule has 0 spiro atoms. The van der Waals surface area contributed by atoms with E-state index in [9.17, 15) is 4.79 Å². The minimum absolute atomic E-state index is 0.303. The number of rotatable bonds is 4. The zero-order valence-electron chi connectivity index (χ0n) is 12.5. The molecule has 116 valence electrons. The Balaban J connectivity index is 1.51. The van der Waals surface area contributed by atoms with E-state index in [2.05, 4.69) is 32.0 Å². The Bertz CT molecular complexity index is 651. The lowest BCUT2D eigenvalue weighted by Crippen LogP contribution is -2.42. The van der Waals surface area contributed by atoms with E-state index in [-0.39, 0.29) is 0 Å². The summed E-state index contributed by atoms with van der Waals surface area (Å²) in [5.74, 6) is 0.303. The fourth-order valence-electron chi connectivity index (χ4n) is 3.50. The Labute approximate surface area is 134 Å². The summed E-state index contributed by atoms with van der Waals surface area (Å²) in [4.78, 5) is 22.1. The van der Waals surface area contributed by atoms with Crippen LogP contribution in [-0.4, -0.2) is 44.9 Å². The quantitative estimate of drug-likeness (QED) is 0.867. The highest BCUT2D eigenvalue weighted by Crippen LogP contribution is 2.25. The lowest BCUT2D eigenvalue weighted by molar-refractivity contribution is -0.128. The Morgan fingerprint density at radius 1 is 1.41 bits per heavy atom. The molecular formula is C16H20N4OS. The highest BCUT2D eigenvalue weighted by atomic mass is 32.1. The molecule has 6 heteroatoms. The van der Waals surface area contributed by atoms with Gasteiger partial charge in [-0.3, -0.25) is 9.69 Å².